The van der Waals surface area contributed by atoms with Crippen molar-refractivity contribution in [1.82, 2.24) is 9.97 Å². The Kier molecular flexibility index (Phi) is 11.4. The molecule has 314 valence electrons. The average Bonchev–Trinajstić information content (AvgIpc) is 4.11. The van der Waals surface area contributed by atoms with Crippen LogP contribution in [0.5, 0.6) is 0 Å². The van der Waals surface area contributed by atoms with Crippen LogP contribution in [0.2, 0.25) is 0 Å². The number of thiophene rings is 2. The fraction of sp³-hybridized carbons (Fsp3) is 0. The summed E-state index contributed by atoms with van der Waals surface area (Å²) in [6.45, 7) is 0. The minimum absolute atomic E-state index is 0.865. The van der Waals surface area contributed by atoms with Crippen molar-refractivity contribution >= 4 is 57.1 Å². The summed E-state index contributed by atoms with van der Waals surface area (Å²) < 4.78 is 0. The van der Waals surface area contributed by atoms with Crippen LogP contribution in [0.15, 0.2) is 255 Å². The molecule has 4 aromatic heterocycles. The number of hydrogen-bond acceptors (Lipinski definition) is 6. The molecule has 0 spiro atoms. The van der Waals surface area contributed by atoms with E-state index in [1.54, 1.807) is 0 Å². The number of anilines is 6. The van der Waals surface area contributed by atoms with Crippen molar-refractivity contribution in [2.45, 2.75) is 0 Å². The van der Waals surface area contributed by atoms with Crippen molar-refractivity contribution in [3.8, 4) is 64.0 Å². The third kappa shape index (κ3) is 8.59. The van der Waals surface area contributed by atoms with Crippen LogP contribution in [-0.2, 0) is 0 Å². The predicted octanol–water partition coefficient (Wildman–Crippen LogP) is 17.5. The molecule has 0 aliphatic heterocycles. The van der Waals surface area contributed by atoms with E-state index in [2.05, 4.69) is 228 Å². The summed E-state index contributed by atoms with van der Waals surface area (Å²) in [5, 5.41) is 0. The summed E-state index contributed by atoms with van der Waals surface area (Å²) in [6.07, 6.45) is 3.69. The molecule has 0 aliphatic rings. The summed E-state index contributed by atoms with van der Waals surface area (Å²) in [5.74, 6) is 1.73. The van der Waals surface area contributed by atoms with Gasteiger partial charge in [-0.25, -0.2) is 9.97 Å². The van der Waals surface area contributed by atoms with Crippen molar-refractivity contribution in [1.29, 1.82) is 0 Å². The summed E-state index contributed by atoms with van der Waals surface area (Å²) in [5.41, 5.74) is 13.7. The van der Waals surface area contributed by atoms with Crippen LogP contribution in [0.25, 0.3) is 64.0 Å². The zero-order chi connectivity index (χ0) is 44.1. The van der Waals surface area contributed by atoms with Gasteiger partial charge in [0.1, 0.15) is 11.6 Å². The smallest absolute Gasteiger partial charge is 0.137 e. The van der Waals surface area contributed by atoms with Gasteiger partial charge in [0.25, 0.3) is 0 Å². The maximum absolute atomic E-state index is 4.76. The molecule has 6 heteroatoms. The molecule has 0 saturated carbocycles. The second kappa shape index (κ2) is 18.5. The standard InChI is InChI=1S/C60H42N4S2/c1-3-11-47(12-4-1)55-37-39-57(65-55)49-25-33-53(34-26-49)63(59-15-7-9-41-61-59)51-29-21-45(22-30-51)43-17-19-44(20-18-43)46-23-31-52(32-24-46)64(60-16-8-10-42-62-60)54-35-27-50(28-36-54)58-40-38-56(66-58)48-13-5-2-6-14-48/h1-42H. The average molecular weight is 883 g/mol. The lowest BCUT2D eigenvalue weighted by Crippen LogP contribution is -2.11. The molecule has 7 aromatic carbocycles. The molecule has 66 heavy (non-hydrogen) atoms. The van der Waals surface area contributed by atoms with E-state index in [0.717, 1.165) is 56.6 Å². The molecule has 0 saturated heterocycles. The SMILES string of the molecule is c1ccc(-c2ccc(-c3ccc(N(c4ccc(-c5ccc(-c6ccc(N(c7ccc(-c8ccc(-c9ccccc9)s8)cc7)c7ccccn7)cc6)cc5)cc4)c4ccccn4)cc3)s2)cc1. The van der Waals surface area contributed by atoms with E-state index in [9.17, 15) is 0 Å². The van der Waals surface area contributed by atoms with E-state index in [4.69, 9.17) is 9.97 Å². The van der Waals surface area contributed by atoms with E-state index in [0.29, 0.717) is 0 Å². The highest BCUT2D eigenvalue weighted by Crippen LogP contribution is 2.41. The molecule has 4 heterocycles. The van der Waals surface area contributed by atoms with Gasteiger partial charge >= 0.3 is 0 Å². The first kappa shape index (κ1) is 40.6. The molecular weight excluding hydrogens is 841 g/mol. The van der Waals surface area contributed by atoms with Crippen LogP contribution in [0.4, 0.5) is 34.4 Å². The zero-order valence-corrected chi connectivity index (χ0v) is 37.5. The second-order valence-corrected chi connectivity index (χ2v) is 18.0. The van der Waals surface area contributed by atoms with Gasteiger partial charge in [0.05, 0.1) is 0 Å². The Labute approximate surface area is 393 Å². The van der Waals surface area contributed by atoms with Crippen LogP contribution < -0.4 is 9.80 Å². The first-order valence-corrected chi connectivity index (χ1v) is 23.6. The largest absolute Gasteiger partial charge is 0.295 e. The van der Waals surface area contributed by atoms with E-state index in [1.165, 1.54) is 41.8 Å². The molecule has 4 nitrogen and oxygen atoms in total. The Bertz CT molecular complexity index is 3070. The lowest BCUT2D eigenvalue weighted by molar-refractivity contribution is 1.18. The lowest BCUT2D eigenvalue weighted by Gasteiger charge is -2.24. The van der Waals surface area contributed by atoms with E-state index >= 15 is 0 Å². The molecule has 0 fully saturated rings. The number of aromatic nitrogens is 2. The molecule has 0 aliphatic carbocycles. The fourth-order valence-corrected chi connectivity index (χ4v) is 10.3. The Morgan fingerprint density at radius 2 is 0.485 bits per heavy atom. The fourth-order valence-electron chi connectivity index (χ4n) is 8.31. The number of rotatable bonds is 12. The predicted molar refractivity (Wildman–Crippen MR) is 280 cm³/mol. The van der Waals surface area contributed by atoms with Gasteiger partial charge in [0.2, 0.25) is 0 Å². The molecule has 11 rings (SSSR count). The van der Waals surface area contributed by atoms with Crippen LogP contribution in [-0.4, -0.2) is 9.97 Å². The van der Waals surface area contributed by atoms with Gasteiger partial charge < -0.3 is 0 Å². The van der Waals surface area contributed by atoms with E-state index in [-0.39, 0.29) is 0 Å². The molecule has 0 bridgehead atoms. The number of benzene rings is 7. The monoisotopic (exact) mass is 882 g/mol. The second-order valence-electron chi connectivity index (χ2n) is 15.9. The maximum atomic E-state index is 4.76. The quantitative estimate of drug-likeness (QED) is 0.122. The van der Waals surface area contributed by atoms with Gasteiger partial charge in [-0.1, -0.05) is 146 Å². The topological polar surface area (TPSA) is 32.3 Å². The van der Waals surface area contributed by atoms with Crippen LogP contribution in [0.1, 0.15) is 0 Å². The molecule has 0 N–H and O–H groups in total. The van der Waals surface area contributed by atoms with Crippen LogP contribution >= 0.6 is 22.7 Å². The summed E-state index contributed by atoms with van der Waals surface area (Å²) in [4.78, 5) is 19.0. The van der Waals surface area contributed by atoms with Gasteiger partial charge in [-0.05, 0) is 142 Å². The highest BCUT2D eigenvalue weighted by molar-refractivity contribution is 7.19. The molecule has 0 radical (unpaired) electrons. The molecule has 0 unspecified atom stereocenters. The van der Waals surface area contributed by atoms with Crippen LogP contribution in [0, 0.1) is 0 Å². The first-order chi connectivity index (χ1) is 32.7. The highest BCUT2D eigenvalue weighted by atomic mass is 32.1. The van der Waals surface area contributed by atoms with Gasteiger partial charge in [-0.3, -0.25) is 9.80 Å². The van der Waals surface area contributed by atoms with Crippen molar-refractivity contribution in [3.05, 3.63) is 255 Å². The summed E-state index contributed by atoms with van der Waals surface area (Å²) in [6, 6.07) is 86.0. The number of pyridine rings is 2. The maximum Gasteiger partial charge on any atom is 0.137 e. The minimum Gasteiger partial charge on any atom is -0.295 e. The normalized spacial score (nSPS) is 11.0. The minimum atomic E-state index is 0.865. The van der Waals surface area contributed by atoms with Gasteiger partial charge in [-0.15, -0.1) is 22.7 Å². The Morgan fingerprint density at radius 1 is 0.227 bits per heavy atom. The van der Waals surface area contributed by atoms with E-state index in [1.807, 2.05) is 59.3 Å². The highest BCUT2D eigenvalue weighted by Gasteiger charge is 2.17. The van der Waals surface area contributed by atoms with Crippen molar-refractivity contribution in [2.24, 2.45) is 0 Å². The lowest BCUT2D eigenvalue weighted by atomic mass is 9.99. The van der Waals surface area contributed by atoms with Crippen molar-refractivity contribution in [2.75, 3.05) is 9.80 Å². The molecule has 0 amide bonds. The third-order valence-electron chi connectivity index (χ3n) is 11.7. The molecular formula is C60H42N4S2. The Morgan fingerprint density at radius 3 is 0.773 bits per heavy atom. The van der Waals surface area contributed by atoms with Crippen molar-refractivity contribution in [3.63, 3.8) is 0 Å². The van der Waals surface area contributed by atoms with Gasteiger partial charge in [0.15, 0.2) is 0 Å². The molecule has 11 aromatic rings. The third-order valence-corrected chi connectivity index (χ3v) is 14.1. The summed E-state index contributed by atoms with van der Waals surface area (Å²) >= 11 is 3.63. The Hall–Kier alpha value is -8.16. The van der Waals surface area contributed by atoms with Crippen LogP contribution in [0.3, 0.4) is 0 Å². The number of hydrogen-bond donors (Lipinski definition) is 0. The Balaban J connectivity index is 0.806. The van der Waals surface area contributed by atoms with Gasteiger partial charge in [0, 0.05) is 54.7 Å². The van der Waals surface area contributed by atoms with E-state index < -0.39 is 0 Å². The first-order valence-electron chi connectivity index (χ1n) is 21.9. The molecule has 0 atom stereocenters. The van der Waals surface area contributed by atoms with Gasteiger partial charge in [-0.2, -0.15) is 0 Å². The summed E-state index contributed by atoms with van der Waals surface area (Å²) in [7, 11) is 0. The van der Waals surface area contributed by atoms with Crippen molar-refractivity contribution < 1.29 is 0 Å². The zero-order valence-electron chi connectivity index (χ0n) is 35.9. The number of nitrogens with zero attached hydrogens (tertiary/aromatic N) is 4.